The number of ether oxygens (including phenoxy) is 11. The fraction of sp³-hybridized carbons (Fsp3) is 0.274. The second kappa shape index (κ2) is 17.5. The second-order valence-electron chi connectivity index (χ2n) is 21.0. The molecule has 0 radical (unpaired) electrons. The van der Waals surface area contributed by atoms with Crippen LogP contribution in [-0.2, 0) is 37.0 Å². The van der Waals surface area contributed by atoms with Gasteiger partial charge in [-0.25, -0.2) is 0 Å². The molecule has 17 heteroatoms. The van der Waals surface area contributed by atoms with Gasteiger partial charge >= 0.3 is 0 Å². The number of carbonyl (C=O) groups excluding carboxylic acids is 1. The molecular formula is C62H48N4O13. The van der Waals surface area contributed by atoms with Gasteiger partial charge in [0, 0.05) is 77.1 Å². The first-order valence-electron chi connectivity index (χ1n) is 26.6. The molecule has 2 atom stereocenters. The lowest BCUT2D eigenvalue weighted by molar-refractivity contribution is -0.118. The smallest absolute Gasteiger partial charge is 0.258 e. The van der Waals surface area contributed by atoms with Crippen LogP contribution < -0.4 is 57.7 Å². The predicted octanol–water partition coefficient (Wildman–Crippen LogP) is 9.50. The van der Waals surface area contributed by atoms with E-state index in [0.717, 1.165) is 169 Å². The van der Waals surface area contributed by atoms with Crippen LogP contribution in [0.5, 0.6) is 63.2 Å². The summed E-state index contributed by atoms with van der Waals surface area (Å²) < 4.78 is 63.2. The Kier molecular flexibility index (Phi) is 10.2. The molecule has 7 aromatic rings. The van der Waals surface area contributed by atoms with Gasteiger partial charge in [-0.3, -0.25) is 9.59 Å². The number of pyridine rings is 1. The highest BCUT2D eigenvalue weighted by Gasteiger charge is 2.40. The van der Waals surface area contributed by atoms with Crippen molar-refractivity contribution in [1.29, 1.82) is 5.26 Å². The average Bonchev–Trinajstić information content (AvgIpc) is 4.38. The zero-order chi connectivity index (χ0) is 52.6. The van der Waals surface area contributed by atoms with Crippen LogP contribution in [0, 0.1) is 11.3 Å². The lowest BCUT2D eigenvalue weighted by atomic mass is 9.84. The van der Waals surface area contributed by atoms with E-state index >= 15 is 0 Å². The van der Waals surface area contributed by atoms with E-state index in [-0.39, 0.29) is 57.4 Å². The van der Waals surface area contributed by atoms with Crippen molar-refractivity contribution in [3.63, 3.8) is 0 Å². The Labute approximate surface area is 451 Å². The largest absolute Gasteiger partial charge is 0.493 e. The lowest BCUT2D eigenvalue weighted by Gasteiger charge is -2.43. The van der Waals surface area contributed by atoms with E-state index in [4.69, 9.17) is 52.1 Å². The van der Waals surface area contributed by atoms with Gasteiger partial charge in [0.15, 0.2) is 57.5 Å². The highest BCUT2D eigenvalue weighted by atomic mass is 16.7. The van der Waals surface area contributed by atoms with Crippen molar-refractivity contribution in [2.45, 2.75) is 57.7 Å². The third kappa shape index (κ3) is 7.26. The minimum absolute atomic E-state index is 0.0669. The topological polar surface area (TPSA) is 171 Å². The van der Waals surface area contributed by atoms with Gasteiger partial charge in [-0.2, -0.15) is 5.26 Å². The van der Waals surface area contributed by atoms with Crippen LogP contribution in [0.1, 0.15) is 81.1 Å². The summed E-state index contributed by atoms with van der Waals surface area (Å²) in [6.07, 6.45) is 8.20. The van der Waals surface area contributed by atoms with Crippen molar-refractivity contribution in [3.8, 4) is 80.6 Å². The normalized spacial score (nSPS) is 19.1. The van der Waals surface area contributed by atoms with Crippen LogP contribution in [0.25, 0.3) is 45.6 Å². The molecule has 0 N–H and O–H groups in total. The molecule has 0 saturated carbocycles. The maximum Gasteiger partial charge on any atom is 0.258 e. The maximum absolute atomic E-state index is 13.1. The second-order valence-corrected chi connectivity index (χ2v) is 21.0. The zero-order valence-electron chi connectivity index (χ0n) is 42.8. The van der Waals surface area contributed by atoms with Gasteiger partial charge in [0.25, 0.3) is 5.56 Å². The number of benzene rings is 6. The van der Waals surface area contributed by atoms with Crippen LogP contribution in [0.3, 0.4) is 0 Å². The summed E-state index contributed by atoms with van der Waals surface area (Å²) in [6, 6.07) is 28.3. The molecule has 1 aromatic heterocycles. The van der Waals surface area contributed by atoms with Gasteiger partial charge in [0.1, 0.15) is 17.6 Å². The Hall–Kier alpha value is -9.43. The number of aryl methyl sites for hydroxylation is 1. The van der Waals surface area contributed by atoms with E-state index < -0.39 is 0 Å². The zero-order valence-corrected chi connectivity index (χ0v) is 42.8. The number of aromatic nitrogens is 1. The lowest BCUT2D eigenvalue weighted by Crippen LogP contribution is -2.36. The predicted molar refractivity (Wildman–Crippen MR) is 286 cm³/mol. The number of fused-ring (bicyclic) bond motifs is 19. The summed E-state index contributed by atoms with van der Waals surface area (Å²) >= 11 is 0. The third-order valence-electron chi connectivity index (χ3n) is 16.7. The maximum atomic E-state index is 13.1. The van der Waals surface area contributed by atoms with Crippen LogP contribution in [-0.4, -0.2) is 73.8 Å². The van der Waals surface area contributed by atoms with Crippen LogP contribution >= 0.6 is 0 Å². The van der Waals surface area contributed by atoms with Crippen LogP contribution in [0.2, 0.25) is 0 Å². The molecule has 0 fully saturated rings. The highest BCUT2D eigenvalue weighted by Crippen LogP contribution is 2.53. The monoisotopic (exact) mass is 1060 g/mol. The number of carbonyl (C=O) groups is 1. The SMILES string of the molecule is CC(=O)CC1c2c(ccc3c2OCO3)C=C2c3cc4c(cc3CCN21)OCO4.N#CC1c2cc3c(cc2C=C2c4cc5c(cc4CCN21)OCO5)OCO3.O=c1c2cc3c(cc2cc2n1CCc1cc4c(cc1-2)OCO4)OCC3. The molecule has 394 valence electrons. The van der Waals surface area contributed by atoms with Gasteiger partial charge in [0.2, 0.25) is 34.0 Å². The molecule has 0 amide bonds. The van der Waals surface area contributed by atoms with E-state index in [1.54, 1.807) is 6.92 Å². The molecular weight excluding hydrogens is 1010 g/mol. The van der Waals surface area contributed by atoms with Gasteiger partial charge in [-0.15, -0.1) is 0 Å². The summed E-state index contributed by atoms with van der Waals surface area (Å²) in [6.45, 7) is 5.87. The van der Waals surface area contributed by atoms with Crippen molar-refractivity contribution < 1.29 is 56.9 Å². The number of nitriles is 1. The van der Waals surface area contributed by atoms with Gasteiger partial charge in [-0.05, 0) is 150 Å². The first-order chi connectivity index (χ1) is 38.8. The standard InChI is InChI=1S/C22H19NO5.C20H14N2O4.C20H15NO4/c1-12(24)6-17-21-14(2-3-18-22(21)28-11-25-18)7-16-15-9-20-19(26-10-27-20)8-13(15)4-5-23(16)17;21-8-16-14-7-20-18(24-10-26-20)5-12(14)3-15-13-6-19-17(23-9-25-19)4-11(13)1-2-22(15)16;22-20-15-5-12-2-4-23-17(12)8-13(15)6-16-14-9-19-18(24-10-25-19)7-11(14)1-3-21(16)20/h2-3,7-9,17H,4-6,10-11H2,1H3;3-7,16H,1-2,9-10H2;5-9H,1-4,10H2. The average molecular weight is 1060 g/mol. The first-order valence-corrected chi connectivity index (χ1v) is 26.6. The highest BCUT2D eigenvalue weighted by molar-refractivity contribution is 5.91. The minimum Gasteiger partial charge on any atom is -0.493 e. The van der Waals surface area contributed by atoms with Crippen molar-refractivity contribution in [1.82, 2.24) is 14.4 Å². The van der Waals surface area contributed by atoms with Gasteiger partial charge in [0.05, 0.1) is 24.4 Å². The summed E-state index contributed by atoms with van der Waals surface area (Å²) in [4.78, 5) is 29.7. The van der Waals surface area contributed by atoms with Crippen LogP contribution in [0.4, 0.5) is 0 Å². The molecule has 0 aliphatic carbocycles. The number of ketones is 1. The van der Waals surface area contributed by atoms with E-state index in [0.29, 0.717) is 25.3 Å². The molecule has 11 aliphatic rings. The van der Waals surface area contributed by atoms with E-state index in [9.17, 15) is 14.9 Å². The number of Topliss-reactive ketones (excluding diaryl/α,β-unsaturated/α-hetero) is 1. The Balaban J connectivity index is 0.0000000988. The number of hydrogen-bond donors (Lipinski definition) is 0. The summed E-state index contributed by atoms with van der Waals surface area (Å²) in [5.74, 6) is 8.72. The Morgan fingerprint density at radius 1 is 0.544 bits per heavy atom. The Bertz CT molecular complexity index is 4040. The first kappa shape index (κ1) is 45.7. The van der Waals surface area contributed by atoms with Gasteiger partial charge in [-0.1, -0.05) is 6.07 Å². The van der Waals surface area contributed by atoms with E-state index in [2.05, 4.69) is 58.4 Å². The molecule has 12 heterocycles. The Morgan fingerprint density at radius 2 is 1.10 bits per heavy atom. The molecule has 0 spiro atoms. The summed E-state index contributed by atoms with van der Waals surface area (Å²) in [7, 11) is 0. The van der Waals surface area contributed by atoms with Crippen molar-refractivity contribution in [2.24, 2.45) is 0 Å². The summed E-state index contributed by atoms with van der Waals surface area (Å²) in [5.41, 5.74) is 15.4. The number of rotatable bonds is 2. The molecule has 6 aromatic carbocycles. The van der Waals surface area contributed by atoms with Crippen molar-refractivity contribution >= 4 is 40.1 Å². The quantitative estimate of drug-likeness (QED) is 0.160. The van der Waals surface area contributed by atoms with Crippen molar-refractivity contribution in [3.05, 3.63) is 145 Å². The molecule has 0 bridgehead atoms. The molecule has 79 heavy (non-hydrogen) atoms. The van der Waals surface area contributed by atoms with Gasteiger partial charge < -0.3 is 66.5 Å². The number of hydrogen-bond acceptors (Lipinski definition) is 16. The molecule has 17 nitrogen and oxygen atoms in total. The van der Waals surface area contributed by atoms with Crippen molar-refractivity contribution in [2.75, 3.05) is 53.7 Å². The Morgan fingerprint density at radius 3 is 1.77 bits per heavy atom. The fourth-order valence-electron chi connectivity index (χ4n) is 13.0. The molecule has 2 unspecified atom stereocenters. The van der Waals surface area contributed by atoms with E-state index in [1.807, 2.05) is 53.1 Å². The number of nitrogens with zero attached hydrogens (tertiary/aromatic N) is 4. The summed E-state index contributed by atoms with van der Waals surface area (Å²) in [5, 5.41) is 11.6. The molecule has 18 rings (SSSR count). The molecule has 0 saturated heterocycles. The third-order valence-corrected chi connectivity index (χ3v) is 16.7. The minimum atomic E-state index is -0.349. The van der Waals surface area contributed by atoms with E-state index in [1.165, 1.54) is 16.7 Å². The fourth-order valence-corrected chi connectivity index (χ4v) is 13.0. The van der Waals surface area contributed by atoms with Crippen LogP contribution in [0.15, 0.2) is 83.7 Å². The molecule has 11 aliphatic heterocycles.